The van der Waals surface area contributed by atoms with Crippen LogP contribution in [0.25, 0.3) is 0 Å². The van der Waals surface area contributed by atoms with Crippen molar-refractivity contribution in [2.45, 2.75) is 6.42 Å². The SMILES string of the molecule is COCCCOCCOC(=O)c1cccc([N+](=O)[O-])c1Br. The van der Waals surface area contributed by atoms with Crippen molar-refractivity contribution in [3.8, 4) is 0 Å². The van der Waals surface area contributed by atoms with E-state index in [-0.39, 0.29) is 28.9 Å². The number of methoxy groups -OCH3 is 1. The van der Waals surface area contributed by atoms with Crippen molar-refractivity contribution >= 4 is 27.6 Å². The molecule has 0 aliphatic heterocycles. The van der Waals surface area contributed by atoms with Gasteiger partial charge in [0, 0.05) is 26.4 Å². The second-order valence-corrected chi connectivity index (χ2v) is 4.78. The van der Waals surface area contributed by atoms with E-state index in [0.29, 0.717) is 13.2 Å². The molecule has 0 aliphatic rings. The Morgan fingerprint density at radius 2 is 2.05 bits per heavy atom. The van der Waals surface area contributed by atoms with Gasteiger partial charge in [-0.1, -0.05) is 6.07 Å². The molecule has 0 amide bonds. The average molecular weight is 362 g/mol. The van der Waals surface area contributed by atoms with Crippen molar-refractivity contribution in [3.05, 3.63) is 38.3 Å². The summed E-state index contributed by atoms with van der Waals surface area (Å²) in [6.07, 6.45) is 0.765. The summed E-state index contributed by atoms with van der Waals surface area (Å²) < 4.78 is 15.2. The summed E-state index contributed by atoms with van der Waals surface area (Å²) in [4.78, 5) is 22.0. The van der Waals surface area contributed by atoms with Gasteiger partial charge in [-0.05, 0) is 28.4 Å². The third-order valence-corrected chi connectivity index (χ3v) is 3.33. The summed E-state index contributed by atoms with van der Waals surface area (Å²) in [7, 11) is 1.61. The van der Waals surface area contributed by atoms with E-state index in [1.54, 1.807) is 7.11 Å². The van der Waals surface area contributed by atoms with Crippen LogP contribution in [0.3, 0.4) is 0 Å². The summed E-state index contributed by atoms with van der Waals surface area (Å²) in [5.74, 6) is -0.633. The van der Waals surface area contributed by atoms with Crippen molar-refractivity contribution in [2.24, 2.45) is 0 Å². The predicted molar refractivity (Wildman–Crippen MR) is 78.4 cm³/mol. The first-order valence-corrected chi connectivity index (χ1v) is 7.04. The van der Waals surface area contributed by atoms with Gasteiger partial charge in [-0.3, -0.25) is 10.1 Å². The number of esters is 1. The maximum absolute atomic E-state index is 11.8. The lowest BCUT2D eigenvalue weighted by molar-refractivity contribution is -0.385. The van der Waals surface area contributed by atoms with Crippen LogP contribution in [-0.2, 0) is 14.2 Å². The largest absolute Gasteiger partial charge is 0.460 e. The summed E-state index contributed by atoms with van der Waals surface area (Å²) in [5, 5.41) is 10.8. The van der Waals surface area contributed by atoms with Crippen molar-refractivity contribution in [1.29, 1.82) is 0 Å². The number of hydrogen-bond acceptors (Lipinski definition) is 6. The van der Waals surface area contributed by atoms with Crippen LogP contribution in [0, 0.1) is 10.1 Å². The Morgan fingerprint density at radius 3 is 2.71 bits per heavy atom. The smallest absolute Gasteiger partial charge is 0.339 e. The Morgan fingerprint density at radius 1 is 1.29 bits per heavy atom. The second-order valence-electron chi connectivity index (χ2n) is 3.99. The Bertz CT molecular complexity index is 494. The van der Waals surface area contributed by atoms with Crippen LogP contribution in [0.4, 0.5) is 5.69 Å². The quantitative estimate of drug-likeness (QED) is 0.290. The van der Waals surface area contributed by atoms with Crippen molar-refractivity contribution in [3.63, 3.8) is 0 Å². The van der Waals surface area contributed by atoms with Crippen molar-refractivity contribution < 1.29 is 23.9 Å². The molecule has 0 heterocycles. The minimum Gasteiger partial charge on any atom is -0.460 e. The molecule has 0 unspecified atom stereocenters. The van der Waals surface area contributed by atoms with E-state index < -0.39 is 10.9 Å². The lowest BCUT2D eigenvalue weighted by atomic mass is 10.2. The molecule has 7 nitrogen and oxygen atoms in total. The fourth-order valence-electron chi connectivity index (χ4n) is 1.50. The van der Waals surface area contributed by atoms with E-state index >= 15 is 0 Å². The van der Waals surface area contributed by atoms with E-state index in [1.807, 2.05) is 0 Å². The number of carbonyl (C=O) groups is 1. The Kier molecular flexibility index (Phi) is 7.88. The molecule has 0 saturated carbocycles. The van der Waals surface area contributed by atoms with Crippen LogP contribution >= 0.6 is 15.9 Å². The standard InChI is InChI=1S/C13H16BrNO6/c1-19-6-3-7-20-8-9-21-13(16)10-4-2-5-11(12(10)14)15(17)18/h2,4-5H,3,6-9H2,1H3. The molecular weight excluding hydrogens is 346 g/mol. The van der Waals surface area contributed by atoms with Gasteiger partial charge in [-0.25, -0.2) is 4.79 Å². The van der Waals surface area contributed by atoms with Gasteiger partial charge in [-0.15, -0.1) is 0 Å². The molecule has 0 bridgehead atoms. The predicted octanol–water partition coefficient (Wildman–Crippen LogP) is 2.57. The average Bonchev–Trinajstić information content (AvgIpc) is 2.46. The molecule has 21 heavy (non-hydrogen) atoms. The van der Waals surface area contributed by atoms with Gasteiger partial charge in [0.2, 0.25) is 0 Å². The highest BCUT2D eigenvalue weighted by Crippen LogP contribution is 2.28. The molecule has 1 aromatic rings. The van der Waals surface area contributed by atoms with Gasteiger partial charge < -0.3 is 14.2 Å². The van der Waals surface area contributed by atoms with Gasteiger partial charge in [0.1, 0.15) is 11.1 Å². The molecule has 0 aliphatic carbocycles. The van der Waals surface area contributed by atoms with E-state index in [1.165, 1.54) is 18.2 Å². The van der Waals surface area contributed by atoms with Gasteiger partial charge in [-0.2, -0.15) is 0 Å². The summed E-state index contributed by atoms with van der Waals surface area (Å²) in [6, 6.07) is 4.19. The molecule has 0 spiro atoms. The number of hydrogen-bond donors (Lipinski definition) is 0. The summed E-state index contributed by atoms with van der Waals surface area (Å²) in [6.45, 7) is 1.48. The Labute approximate surface area is 130 Å². The van der Waals surface area contributed by atoms with Crippen LogP contribution in [-0.4, -0.2) is 44.4 Å². The maximum Gasteiger partial charge on any atom is 0.339 e. The first-order chi connectivity index (χ1) is 10.1. The van der Waals surface area contributed by atoms with Gasteiger partial charge >= 0.3 is 5.97 Å². The van der Waals surface area contributed by atoms with Gasteiger partial charge in [0.15, 0.2) is 0 Å². The first-order valence-electron chi connectivity index (χ1n) is 6.24. The minimum atomic E-state index is -0.633. The van der Waals surface area contributed by atoms with Gasteiger partial charge in [0.05, 0.1) is 17.1 Å². The zero-order valence-electron chi connectivity index (χ0n) is 11.5. The fraction of sp³-hybridized carbons (Fsp3) is 0.462. The number of halogens is 1. The Balaban J connectivity index is 2.42. The van der Waals surface area contributed by atoms with Gasteiger partial charge in [0.25, 0.3) is 5.69 Å². The maximum atomic E-state index is 11.8. The third kappa shape index (κ3) is 5.78. The molecule has 0 atom stereocenters. The molecule has 1 aromatic carbocycles. The zero-order valence-corrected chi connectivity index (χ0v) is 13.1. The third-order valence-electron chi connectivity index (χ3n) is 2.49. The van der Waals surface area contributed by atoms with Crippen LogP contribution in [0.15, 0.2) is 22.7 Å². The highest BCUT2D eigenvalue weighted by molar-refractivity contribution is 9.10. The van der Waals surface area contributed by atoms with E-state index in [2.05, 4.69) is 15.9 Å². The molecule has 1 rings (SSSR count). The number of nitro benzene ring substituents is 1. The highest BCUT2D eigenvalue weighted by atomic mass is 79.9. The van der Waals surface area contributed by atoms with Crippen molar-refractivity contribution in [2.75, 3.05) is 33.5 Å². The number of ether oxygens (including phenoxy) is 3. The normalized spacial score (nSPS) is 10.4. The van der Waals surface area contributed by atoms with Crippen LogP contribution in [0.2, 0.25) is 0 Å². The number of nitrogens with zero attached hydrogens (tertiary/aromatic N) is 1. The van der Waals surface area contributed by atoms with E-state index in [0.717, 1.165) is 6.42 Å². The number of carbonyl (C=O) groups excluding carboxylic acids is 1. The molecule has 0 saturated heterocycles. The molecule has 116 valence electrons. The van der Waals surface area contributed by atoms with Crippen LogP contribution in [0.1, 0.15) is 16.8 Å². The molecule has 0 fully saturated rings. The second kappa shape index (κ2) is 9.43. The van der Waals surface area contributed by atoms with Crippen LogP contribution in [0.5, 0.6) is 0 Å². The lowest BCUT2D eigenvalue weighted by Crippen LogP contribution is -2.12. The zero-order chi connectivity index (χ0) is 15.7. The van der Waals surface area contributed by atoms with Crippen LogP contribution < -0.4 is 0 Å². The summed E-state index contributed by atoms with van der Waals surface area (Å²) in [5.41, 5.74) is -0.0659. The number of nitro groups is 1. The number of benzene rings is 1. The number of rotatable bonds is 9. The van der Waals surface area contributed by atoms with Crippen molar-refractivity contribution in [1.82, 2.24) is 0 Å². The topological polar surface area (TPSA) is 87.9 Å². The minimum absolute atomic E-state index is 0.0843. The molecular formula is C13H16BrNO6. The summed E-state index contributed by atoms with van der Waals surface area (Å²) >= 11 is 3.05. The Hall–Kier alpha value is -1.51. The molecule has 0 N–H and O–H groups in total. The molecule has 8 heteroatoms. The molecule has 0 aromatic heterocycles. The molecule has 0 radical (unpaired) electrons. The monoisotopic (exact) mass is 361 g/mol. The van der Waals surface area contributed by atoms with E-state index in [4.69, 9.17) is 14.2 Å². The first kappa shape index (κ1) is 17.5. The van der Waals surface area contributed by atoms with E-state index in [9.17, 15) is 14.9 Å². The fourth-order valence-corrected chi connectivity index (χ4v) is 2.07. The highest BCUT2D eigenvalue weighted by Gasteiger charge is 2.20. The lowest BCUT2D eigenvalue weighted by Gasteiger charge is -2.07.